The van der Waals surface area contributed by atoms with E-state index in [1.54, 1.807) is 17.7 Å². The Hall–Kier alpha value is -1.99. The number of thiophene rings is 1. The summed E-state index contributed by atoms with van der Waals surface area (Å²) in [4.78, 5) is 16.8. The molecule has 0 radical (unpaired) electrons. The summed E-state index contributed by atoms with van der Waals surface area (Å²) in [6.07, 6.45) is 11.2. The van der Waals surface area contributed by atoms with Crippen LogP contribution in [0.3, 0.4) is 0 Å². The first-order valence-corrected chi connectivity index (χ1v) is 11.4. The van der Waals surface area contributed by atoms with E-state index in [9.17, 15) is 0 Å². The van der Waals surface area contributed by atoms with Crippen LogP contribution < -0.4 is 15.2 Å². The number of nitrogens with zero attached hydrogens (tertiary/aromatic N) is 3. The second kappa shape index (κ2) is 7.79. The van der Waals surface area contributed by atoms with Crippen LogP contribution in [0.25, 0.3) is 20.4 Å². The minimum atomic E-state index is 0.189. The molecule has 1 saturated heterocycles. The van der Waals surface area contributed by atoms with Gasteiger partial charge in [-0.15, -0.1) is 0 Å². The van der Waals surface area contributed by atoms with Crippen molar-refractivity contribution in [2.75, 3.05) is 36.5 Å². The Balaban J connectivity index is 1.68. The van der Waals surface area contributed by atoms with Crippen molar-refractivity contribution in [3.63, 3.8) is 0 Å². The number of hydrogen-bond donors (Lipinski definition) is 2. The molecule has 0 amide bonds. The predicted octanol–water partition coefficient (Wildman–Crippen LogP) is 3.32. The number of aromatic nitrogens is 3. The van der Waals surface area contributed by atoms with Gasteiger partial charge >= 0.3 is 0 Å². The average molecular weight is 399 g/mol. The lowest BCUT2D eigenvalue weighted by atomic mass is 9.89. The van der Waals surface area contributed by atoms with Crippen LogP contribution in [0, 0.1) is 0 Å². The zero-order valence-corrected chi connectivity index (χ0v) is 17.1. The first-order chi connectivity index (χ1) is 13.9. The van der Waals surface area contributed by atoms with Crippen molar-refractivity contribution in [3.8, 4) is 0 Å². The van der Waals surface area contributed by atoms with Crippen molar-refractivity contribution in [1.29, 1.82) is 0 Å². The number of aryl methyl sites for hydroxylation is 1. The van der Waals surface area contributed by atoms with E-state index in [1.807, 2.05) is 0 Å². The summed E-state index contributed by atoms with van der Waals surface area (Å²) in [6, 6.07) is 0. The van der Waals surface area contributed by atoms with Gasteiger partial charge in [-0.2, -0.15) is 0 Å². The number of fused-ring (bicyclic) bond motifs is 5. The van der Waals surface area contributed by atoms with Gasteiger partial charge in [-0.05, 0) is 56.9 Å². The number of H-pyrrole nitrogens is 1. The van der Waals surface area contributed by atoms with Crippen molar-refractivity contribution in [2.24, 2.45) is 0 Å². The summed E-state index contributed by atoms with van der Waals surface area (Å²) >= 11 is 1.77. The Morgan fingerprint density at radius 2 is 1.89 bits per heavy atom. The van der Waals surface area contributed by atoms with Gasteiger partial charge in [0.25, 0.3) is 5.82 Å². The van der Waals surface area contributed by atoms with Crippen LogP contribution in [-0.2, 0) is 12.8 Å². The average Bonchev–Trinajstić information content (AvgIpc) is 3.14. The molecule has 28 heavy (non-hydrogen) atoms. The standard InChI is InChI=1S/C21H27N5OS/c27-12-6-9-22-19-18-17(23-13-24-19)16-14-7-2-3-8-15(14)20(25-21(16)28-18)26-10-4-1-5-11-26/h13,27H,1-12H2,(H,22,23,24)/p+1. The fraction of sp³-hybridized carbons (Fsp3) is 0.571. The van der Waals surface area contributed by atoms with Gasteiger partial charge in [0.05, 0.1) is 24.0 Å². The number of rotatable bonds is 5. The molecule has 0 atom stereocenters. The molecule has 0 aromatic carbocycles. The third kappa shape index (κ3) is 3.10. The zero-order chi connectivity index (χ0) is 18.9. The van der Waals surface area contributed by atoms with E-state index in [-0.39, 0.29) is 6.61 Å². The molecule has 1 fully saturated rings. The lowest BCUT2D eigenvalue weighted by Crippen LogP contribution is -2.36. The molecular weight excluding hydrogens is 370 g/mol. The summed E-state index contributed by atoms with van der Waals surface area (Å²) in [5.41, 5.74) is 4.10. The van der Waals surface area contributed by atoms with Crippen molar-refractivity contribution < 1.29 is 10.1 Å². The van der Waals surface area contributed by atoms with E-state index in [1.165, 1.54) is 59.3 Å². The van der Waals surface area contributed by atoms with Crippen LogP contribution in [0.5, 0.6) is 0 Å². The molecule has 1 aliphatic heterocycles. The minimum absolute atomic E-state index is 0.189. The molecule has 6 nitrogen and oxygen atoms in total. The zero-order valence-electron chi connectivity index (χ0n) is 16.3. The summed E-state index contributed by atoms with van der Waals surface area (Å²) in [5, 5.41) is 13.8. The van der Waals surface area contributed by atoms with Crippen LogP contribution in [-0.4, -0.2) is 41.3 Å². The first kappa shape index (κ1) is 18.1. The summed E-state index contributed by atoms with van der Waals surface area (Å²) in [6.45, 7) is 3.23. The van der Waals surface area contributed by atoms with Crippen molar-refractivity contribution >= 4 is 43.4 Å². The first-order valence-electron chi connectivity index (χ1n) is 10.6. The maximum atomic E-state index is 9.08. The molecule has 0 bridgehead atoms. The number of anilines is 2. The van der Waals surface area contributed by atoms with E-state index in [2.05, 4.69) is 25.2 Å². The maximum absolute atomic E-state index is 9.08. The number of aromatic amines is 1. The highest BCUT2D eigenvalue weighted by Crippen LogP contribution is 2.41. The lowest BCUT2D eigenvalue weighted by Gasteiger charge is -2.25. The second-order valence-corrected chi connectivity index (χ2v) is 8.92. The minimum Gasteiger partial charge on any atom is -0.396 e. The van der Waals surface area contributed by atoms with Crippen LogP contribution in [0.1, 0.15) is 49.7 Å². The van der Waals surface area contributed by atoms with E-state index in [0.717, 1.165) is 54.9 Å². The highest BCUT2D eigenvalue weighted by molar-refractivity contribution is 7.25. The third-order valence-corrected chi connectivity index (χ3v) is 7.16. The number of nitrogens with one attached hydrogen (secondary N) is 2. The molecule has 0 unspecified atom stereocenters. The summed E-state index contributed by atoms with van der Waals surface area (Å²) in [7, 11) is 0. The molecule has 4 heterocycles. The van der Waals surface area contributed by atoms with Crippen LogP contribution in [0.15, 0.2) is 6.33 Å². The van der Waals surface area contributed by atoms with Crippen LogP contribution >= 0.6 is 11.3 Å². The normalized spacial score (nSPS) is 17.2. The van der Waals surface area contributed by atoms with Crippen molar-refractivity contribution in [3.05, 3.63) is 17.5 Å². The Labute approximate surface area is 169 Å². The van der Waals surface area contributed by atoms with Crippen molar-refractivity contribution in [2.45, 2.75) is 51.4 Å². The van der Waals surface area contributed by atoms with Gasteiger partial charge in [0, 0.05) is 18.7 Å². The predicted molar refractivity (Wildman–Crippen MR) is 114 cm³/mol. The molecular formula is C21H28N5OS+. The van der Waals surface area contributed by atoms with E-state index in [4.69, 9.17) is 5.11 Å². The van der Waals surface area contributed by atoms with Gasteiger partial charge in [-0.25, -0.2) is 15.0 Å². The quantitative estimate of drug-likeness (QED) is 0.645. The largest absolute Gasteiger partial charge is 0.396 e. The smallest absolute Gasteiger partial charge is 0.278 e. The Morgan fingerprint density at radius 3 is 2.71 bits per heavy atom. The Bertz CT molecular complexity index is 996. The van der Waals surface area contributed by atoms with E-state index in [0.29, 0.717) is 0 Å². The molecule has 5 rings (SSSR count). The summed E-state index contributed by atoms with van der Waals surface area (Å²) < 4.78 is 1.12. The van der Waals surface area contributed by atoms with E-state index < -0.39 is 0 Å². The SMILES string of the molecule is OCCCNc1ncnc2c1sc1[nH+]c(N3CCCCC3)c3c(c12)CCCC3. The summed E-state index contributed by atoms with van der Waals surface area (Å²) in [5.74, 6) is 2.24. The molecule has 3 aromatic rings. The van der Waals surface area contributed by atoms with Gasteiger partial charge in [0.15, 0.2) is 4.83 Å². The highest BCUT2D eigenvalue weighted by atomic mass is 32.1. The number of aliphatic hydroxyl groups is 1. The molecule has 148 valence electrons. The number of aliphatic hydroxyl groups excluding tert-OH is 1. The monoisotopic (exact) mass is 398 g/mol. The molecule has 2 aliphatic rings. The number of piperidine rings is 1. The van der Waals surface area contributed by atoms with Gasteiger partial charge in [-0.3, -0.25) is 4.90 Å². The van der Waals surface area contributed by atoms with Crippen LogP contribution in [0.4, 0.5) is 11.6 Å². The fourth-order valence-corrected chi connectivity index (χ4v) is 5.85. The topological polar surface area (TPSA) is 75.4 Å². The number of pyridine rings is 1. The highest BCUT2D eigenvalue weighted by Gasteiger charge is 2.30. The molecule has 1 aliphatic carbocycles. The molecule has 0 saturated carbocycles. The molecule has 7 heteroatoms. The van der Waals surface area contributed by atoms with E-state index >= 15 is 0 Å². The fourth-order valence-electron chi connectivity index (χ4n) is 4.70. The Morgan fingerprint density at radius 1 is 1.07 bits per heavy atom. The maximum Gasteiger partial charge on any atom is 0.278 e. The molecule has 0 spiro atoms. The van der Waals surface area contributed by atoms with Gasteiger partial charge in [0.1, 0.15) is 16.8 Å². The second-order valence-electron chi connectivity index (χ2n) is 7.90. The van der Waals surface area contributed by atoms with Gasteiger partial charge < -0.3 is 10.4 Å². The molecule has 3 N–H and O–H groups in total. The Kier molecular flexibility index (Phi) is 5.03. The lowest BCUT2D eigenvalue weighted by molar-refractivity contribution is -0.328. The van der Waals surface area contributed by atoms with Gasteiger partial charge in [-0.1, -0.05) is 11.3 Å². The number of hydrogen-bond acceptors (Lipinski definition) is 6. The third-order valence-electron chi connectivity index (χ3n) is 6.06. The van der Waals surface area contributed by atoms with Crippen molar-refractivity contribution in [1.82, 2.24) is 9.97 Å². The molecule has 3 aromatic heterocycles. The van der Waals surface area contributed by atoms with Crippen LogP contribution in [0.2, 0.25) is 0 Å². The van der Waals surface area contributed by atoms with Gasteiger partial charge in [0.2, 0.25) is 0 Å².